The second-order valence-corrected chi connectivity index (χ2v) is 6.37. The summed E-state index contributed by atoms with van der Waals surface area (Å²) < 4.78 is 0. The molecule has 0 aliphatic carbocycles. The Morgan fingerprint density at radius 2 is 1.88 bits per heavy atom. The van der Waals surface area contributed by atoms with Crippen LogP contribution in [0.3, 0.4) is 0 Å². The summed E-state index contributed by atoms with van der Waals surface area (Å²) in [6.45, 7) is 3.52. The van der Waals surface area contributed by atoms with E-state index < -0.39 is 10.8 Å². The van der Waals surface area contributed by atoms with Gasteiger partial charge in [-0.25, -0.2) is 0 Å². The molecule has 0 saturated heterocycles. The standard InChI is InChI=1S/C17H14N4O3S/c1-10-6-3-4-7-12(10)16-19-20-17(25-16)18-15(22)13-8-5-9-14(11(13)2)21(23)24/h3-9H,1-2H3,(H,18,20,22). The molecule has 2 aromatic carbocycles. The van der Waals surface area contributed by atoms with E-state index in [-0.39, 0.29) is 11.3 Å². The number of carbonyl (C=O) groups is 1. The minimum Gasteiger partial charge on any atom is -0.296 e. The first kappa shape index (κ1) is 16.7. The highest BCUT2D eigenvalue weighted by Gasteiger charge is 2.19. The molecule has 25 heavy (non-hydrogen) atoms. The lowest BCUT2D eigenvalue weighted by atomic mass is 10.1. The summed E-state index contributed by atoms with van der Waals surface area (Å²) >= 11 is 1.25. The van der Waals surface area contributed by atoms with E-state index in [2.05, 4.69) is 15.5 Å². The Morgan fingerprint density at radius 1 is 1.12 bits per heavy atom. The molecule has 3 rings (SSSR count). The van der Waals surface area contributed by atoms with Crippen LogP contribution in [0.5, 0.6) is 0 Å². The van der Waals surface area contributed by atoms with E-state index in [4.69, 9.17) is 0 Å². The molecule has 0 atom stereocenters. The predicted molar refractivity (Wildman–Crippen MR) is 95.9 cm³/mol. The van der Waals surface area contributed by atoms with Gasteiger partial charge >= 0.3 is 0 Å². The molecule has 0 spiro atoms. The number of nitrogens with zero attached hydrogens (tertiary/aromatic N) is 3. The molecule has 0 fully saturated rings. The molecule has 1 amide bonds. The van der Waals surface area contributed by atoms with Gasteiger partial charge in [-0.15, -0.1) is 10.2 Å². The van der Waals surface area contributed by atoms with Crippen LogP contribution in [0.2, 0.25) is 0 Å². The van der Waals surface area contributed by atoms with E-state index >= 15 is 0 Å². The Morgan fingerprint density at radius 3 is 2.60 bits per heavy atom. The molecule has 1 aromatic heterocycles. The fraction of sp³-hybridized carbons (Fsp3) is 0.118. The van der Waals surface area contributed by atoms with E-state index in [0.717, 1.165) is 11.1 Å². The largest absolute Gasteiger partial charge is 0.296 e. The van der Waals surface area contributed by atoms with Crippen LogP contribution < -0.4 is 5.32 Å². The zero-order valence-electron chi connectivity index (χ0n) is 13.5. The Balaban J connectivity index is 1.85. The summed E-state index contributed by atoms with van der Waals surface area (Å²) in [6, 6.07) is 12.2. The first-order valence-corrected chi connectivity index (χ1v) is 8.24. The average Bonchev–Trinajstić information content (AvgIpc) is 3.03. The molecule has 0 unspecified atom stereocenters. The number of hydrogen-bond donors (Lipinski definition) is 1. The van der Waals surface area contributed by atoms with Crippen LogP contribution in [0.25, 0.3) is 10.6 Å². The number of amides is 1. The Bertz CT molecular complexity index is 968. The van der Waals surface area contributed by atoms with Gasteiger partial charge in [-0.2, -0.15) is 0 Å². The molecule has 0 aliphatic rings. The van der Waals surface area contributed by atoms with Crippen LogP contribution in [-0.2, 0) is 0 Å². The van der Waals surface area contributed by atoms with Gasteiger partial charge in [0.05, 0.1) is 4.92 Å². The number of rotatable bonds is 4. The van der Waals surface area contributed by atoms with Crippen LogP contribution in [0.1, 0.15) is 21.5 Å². The van der Waals surface area contributed by atoms with E-state index in [1.807, 2.05) is 31.2 Å². The third kappa shape index (κ3) is 3.38. The van der Waals surface area contributed by atoms with Crippen molar-refractivity contribution in [3.8, 4) is 10.6 Å². The highest BCUT2D eigenvalue weighted by Crippen LogP contribution is 2.29. The molecule has 1 N–H and O–H groups in total. The summed E-state index contributed by atoms with van der Waals surface area (Å²) in [5.74, 6) is -0.450. The number of nitro groups is 1. The lowest BCUT2D eigenvalue weighted by Gasteiger charge is -2.05. The van der Waals surface area contributed by atoms with Gasteiger partial charge in [0.2, 0.25) is 5.13 Å². The maximum atomic E-state index is 12.4. The van der Waals surface area contributed by atoms with Crippen molar-refractivity contribution < 1.29 is 9.72 Å². The predicted octanol–water partition coefficient (Wildman–Crippen LogP) is 3.98. The van der Waals surface area contributed by atoms with Crippen LogP contribution in [0.4, 0.5) is 10.8 Å². The fourth-order valence-electron chi connectivity index (χ4n) is 2.43. The van der Waals surface area contributed by atoms with Gasteiger partial charge in [-0.1, -0.05) is 41.7 Å². The molecular weight excluding hydrogens is 340 g/mol. The normalized spacial score (nSPS) is 10.5. The van der Waals surface area contributed by atoms with Gasteiger partial charge in [0.15, 0.2) is 0 Å². The number of aromatic nitrogens is 2. The number of benzene rings is 2. The van der Waals surface area contributed by atoms with Crippen LogP contribution in [-0.4, -0.2) is 21.0 Å². The summed E-state index contributed by atoms with van der Waals surface area (Å²) in [7, 11) is 0. The third-order valence-corrected chi connectivity index (χ3v) is 4.64. The van der Waals surface area contributed by atoms with E-state index in [0.29, 0.717) is 15.7 Å². The van der Waals surface area contributed by atoms with Crippen molar-refractivity contribution >= 4 is 28.1 Å². The average molecular weight is 354 g/mol. The zero-order chi connectivity index (χ0) is 18.0. The second kappa shape index (κ2) is 6.78. The van der Waals surface area contributed by atoms with Crippen molar-refractivity contribution in [2.45, 2.75) is 13.8 Å². The second-order valence-electron chi connectivity index (χ2n) is 5.39. The lowest BCUT2D eigenvalue weighted by molar-refractivity contribution is -0.385. The van der Waals surface area contributed by atoms with Gasteiger partial charge in [0.1, 0.15) is 5.01 Å². The van der Waals surface area contributed by atoms with Gasteiger partial charge in [-0.05, 0) is 25.5 Å². The van der Waals surface area contributed by atoms with Crippen molar-refractivity contribution in [2.75, 3.05) is 5.32 Å². The van der Waals surface area contributed by atoms with Gasteiger partial charge < -0.3 is 0 Å². The highest BCUT2D eigenvalue weighted by atomic mass is 32.1. The monoisotopic (exact) mass is 354 g/mol. The number of hydrogen-bond acceptors (Lipinski definition) is 6. The summed E-state index contributed by atoms with van der Waals surface area (Å²) in [5, 5.41) is 22.8. The molecule has 0 saturated carbocycles. The van der Waals surface area contributed by atoms with Crippen LogP contribution in [0, 0.1) is 24.0 Å². The number of nitrogens with one attached hydrogen (secondary N) is 1. The molecule has 3 aromatic rings. The van der Waals surface area contributed by atoms with Crippen molar-refractivity contribution in [1.82, 2.24) is 10.2 Å². The molecule has 126 valence electrons. The number of anilines is 1. The van der Waals surface area contributed by atoms with E-state index in [1.165, 1.54) is 23.5 Å². The van der Waals surface area contributed by atoms with Crippen LogP contribution >= 0.6 is 11.3 Å². The molecule has 0 radical (unpaired) electrons. The Hall–Kier alpha value is -3.13. The summed E-state index contributed by atoms with van der Waals surface area (Å²) in [4.78, 5) is 22.9. The Kier molecular flexibility index (Phi) is 4.53. The molecule has 0 bridgehead atoms. The maximum absolute atomic E-state index is 12.4. The fourth-order valence-corrected chi connectivity index (χ4v) is 3.26. The first-order chi connectivity index (χ1) is 12.0. The van der Waals surface area contributed by atoms with Gasteiger partial charge in [0.25, 0.3) is 11.6 Å². The molecule has 7 nitrogen and oxygen atoms in total. The molecular formula is C17H14N4O3S. The van der Waals surface area contributed by atoms with Crippen molar-refractivity contribution in [1.29, 1.82) is 0 Å². The third-order valence-electron chi connectivity index (χ3n) is 3.77. The van der Waals surface area contributed by atoms with Crippen molar-refractivity contribution in [3.05, 3.63) is 69.3 Å². The van der Waals surface area contributed by atoms with E-state index in [1.54, 1.807) is 13.0 Å². The summed E-state index contributed by atoms with van der Waals surface area (Å²) in [6.07, 6.45) is 0. The minimum absolute atomic E-state index is 0.0921. The quantitative estimate of drug-likeness (QED) is 0.564. The lowest BCUT2D eigenvalue weighted by Crippen LogP contribution is -2.14. The summed E-state index contributed by atoms with van der Waals surface area (Å²) in [5.41, 5.74) is 2.47. The number of carbonyl (C=O) groups excluding carboxylic acids is 1. The molecule has 8 heteroatoms. The SMILES string of the molecule is Cc1ccccc1-c1nnc(NC(=O)c2cccc([N+](=O)[O-])c2C)s1. The number of nitro benzene ring substituents is 1. The highest BCUT2D eigenvalue weighted by molar-refractivity contribution is 7.18. The smallest absolute Gasteiger partial charge is 0.273 e. The minimum atomic E-state index is -0.507. The van der Waals surface area contributed by atoms with Crippen LogP contribution in [0.15, 0.2) is 42.5 Å². The topological polar surface area (TPSA) is 98.0 Å². The molecule has 0 aliphatic heterocycles. The van der Waals surface area contributed by atoms with Crippen molar-refractivity contribution in [2.24, 2.45) is 0 Å². The Labute approximate surface area is 147 Å². The first-order valence-electron chi connectivity index (χ1n) is 7.42. The van der Waals surface area contributed by atoms with Crippen molar-refractivity contribution in [3.63, 3.8) is 0 Å². The maximum Gasteiger partial charge on any atom is 0.273 e. The van der Waals surface area contributed by atoms with Gasteiger partial charge in [0, 0.05) is 22.8 Å². The zero-order valence-corrected chi connectivity index (χ0v) is 14.3. The van der Waals surface area contributed by atoms with Gasteiger partial charge in [-0.3, -0.25) is 20.2 Å². The number of aryl methyl sites for hydroxylation is 1. The van der Waals surface area contributed by atoms with E-state index in [9.17, 15) is 14.9 Å². The molecule has 1 heterocycles.